The van der Waals surface area contributed by atoms with E-state index in [2.05, 4.69) is 63.6 Å². The maximum atomic E-state index is 13.2. The molecule has 1 saturated heterocycles. The maximum absolute atomic E-state index is 13.2. The minimum Gasteiger partial charge on any atom is -0.478 e. The summed E-state index contributed by atoms with van der Waals surface area (Å²) in [5.74, 6) is -1.69. The molecule has 2 heterocycles. The number of anilines is 1. The number of halogens is 1. The van der Waals surface area contributed by atoms with Gasteiger partial charge in [-0.15, -0.1) is 11.8 Å². The van der Waals surface area contributed by atoms with Gasteiger partial charge in [-0.1, -0.05) is 42.5 Å². The van der Waals surface area contributed by atoms with Crippen LogP contribution in [-0.4, -0.2) is 65.7 Å². The van der Waals surface area contributed by atoms with Gasteiger partial charge in [0.15, 0.2) is 0 Å². The van der Waals surface area contributed by atoms with Crippen LogP contribution >= 0.6 is 11.8 Å². The van der Waals surface area contributed by atoms with Crippen LogP contribution < -0.4 is 10.2 Å². The summed E-state index contributed by atoms with van der Waals surface area (Å²) in [7, 11) is 0. The number of hydrogen-bond acceptors (Lipinski definition) is 6. The van der Waals surface area contributed by atoms with Crippen LogP contribution in [0.5, 0.6) is 0 Å². The molecule has 10 heteroatoms. The van der Waals surface area contributed by atoms with E-state index >= 15 is 0 Å². The van der Waals surface area contributed by atoms with Gasteiger partial charge >= 0.3 is 11.9 Å². The molecule has 3 aromatic carbocycles. The fourth-order valence-electron chi connectivity index (χ4n) is 5.00. The highest BCUT2D eigenvalue weighted by Gasteiger charge is 2.25. The number of nitrogens with zero attached hydrogens (tertiary/aromatic N) is 2. The number of piperazine rings is 1. The third kappa shape index (κ3) is 8.92. The van der Waals surface area contributed by atoms with Gasteiger partial charge in [0.1, 0.15) is 5.82 Å². The van der Waals surface area contributed by atoms with Crippen LogP contribution in [0, 0.1) is 5.82 Å². The number of carboxylic acid groups (broad SMARTS) is 2. The van der Waals surface area contributed by atoms with Gasteiger partial charge in [0, 0.05) is 61.1 Å². The summed E-state index contributed by atoms with van der Waals surface area (Å²) in [6.45, 7) is 4.67. The van der Waals surface area contributed by atoms with Gasteiger partial charge in [0.2, 0.25) is 5.91 Å². The second kappa shape index (κ2) is 15.2. The number of benzene rings is 3. The Hall–Kier alpha value is -4.15. The second-order valence-electron chi connectivity index (χ2n) is 9.94. The van der Waals surface area contributed by atoms with Crippen LogP contribution in [0.25, 0.3) is 0 Å². The minimum absolute atomic E-state index is 0.103. The molecule has 5 rings (SSSR count). The number of carbonyl (C=O) groups excluding carboxylic acids is 1. The van der Waals surface area contributed by atoms with Crippen LogP contribution in [0.4, 0.5) is 10.1 Å². The van der Waals surface area contributed by atoms with Crippen molar-refractivity contribution in [2.24, 2.45) is 0 Å². The van der Waals surface area contributed by atoms with Crippen molar-refractivity contribution in [3.63, 3.8) is 0 Å². The van der Waals surface area contributed by atoms with Gasteiger partial charge in [-0.2, -0.15) is 0 Å². The molecule has 3 N–H and O–H groups in total. The molecule has 0 saturated carbocycles. The summed E-state index contributed by atoms with van der Waals surface area (Å²) in [5, 5.41) is 19.0. The van der Waals surface area contributed by atoms with Crippen molar-refractivity contribution in [3.05, 3.63) is 107 Å². The number of nitrogens with one attached hydrogen (secondary N) is 1. The molecule has 0 aliphatic carbocycles. The molecule has 1 atom stereocenters. The molecular formula is C32H34FN3O5S. The number of carboxylic acids is 2. The largest absolute Gasteiger partial charge is 0.478 e. The summed E-state index contributed by atoms with van der Waals surface area (Å²) >= 11 is 1.84. The van der Waals surface area contributed by atoms with Crippen LogP contribution in [0.15, 0.2) is 89.8 Å². The van der Waals surface area contributed by atoms with E-state index in [1.807, 2.05) is 23.9 Å². The molecule has 220 valence electrons. The van der Waals surface area contributed by atoms with Gasteiger partial charge < -0.3 is 20.4 Å². The summed E-state index contributed by atoms with van der Waals surface area (Å²) in [4.78, 5) is 38.0. The Morgan fingerprint density at radius 1 is 0.857 bits per heavy atom. The third-order valence-electron chi connectivity index (χ3n) is 7.10. The molecule has 1 fully saturated rings. The molecule has 8 nitrogen and oxygen atoms in total. The normalized spacial score (nSPS) is 16.4. The average molecular weight is 592 g/mol. The number of thioether (sulfide) groups is 1. The van der Waals surface area contributed by atoms with E-state index in [9.17, 15) is 18.8 Å². The number of fused-ring (bicyclic) bond motifs is 2. The number of hydrogen-bond donors (Lipinski definition) is 3. The molecule has 0 radical (unpaired) electrons. The smallest absolute Gasteiger partial charge is 0.328 e. The van der Waals surface area contributed by atoms with Crippen molar-refractivity contribution < 1.29 is 29.0 Å². The Bertz CT molecular complexity index is 1340. The number of rotatable bonds is 8. The lowest BCUT2D eigenvalue weighted by atomic mass is 9.95. The zero-order valence-electron chi connectivity index (χ0n) is 23.1. The van der Waals surface area contributed by atoms with Crippen LogP contribution in [0.3, 0.4) is 0 Å². The van der Waals surface area contributed by atoms with Crippen LogP contribution in [0.1, 0.15) is 35.6 Å². The van der Waals surface area contributed by atoms with Gasteiger partial charge in [-0.05, 0) is 60.0 Å². The summed E-state index contributed by atoms with van der Waals surface area (Å²) in [5.41, 5.74) is 4.74. The minimum atomic E-state index is -1.26. The van der Waals surface area contributed by atoms with Gasteiger partial charge in [-0.25, -0.2) is 14.0 Å². The molecule has 2 aliphatic heterocycles. The lowest BCUT2D eigenvalue weighted by Gasteiger charge is -2.36. The predicted octanol–water partition coefficient (Wildman–Crippen LogP) is 4.95. The van der Waals surface area contributed by atoms with Crippen LogP contribution in [-0.2, 0) is 20.1 Å². The molecule has 0 spiro atoms. The predicted molar refractivity (Wildman–Crippen MR) is 161 cm³/mol. The highest BCUT2D eigenvalue weighted by molar-refractivity contribution is 7.98. The molecular weight excluding hydrogens is 557 g/mol. The van der Waals surface area contributed by atoms with E-state index in [1.165, 1.54) is 33.7 Å². The first kappa shape index (κ1) is 30.8. The van der Waals surface area contributed by atoms with Gasteiger partial charge in [0.25, 0.3) is 0 Å². The summed E-state index contributed by atoms with van der Waals surface area (Å²) in [6.07, 6.45) is 2.48. The first-order valence-electron chi connectivity index (χ1n) is 13.8. The average Bonchev–Trinajstić information content (AvgIpc) is 3.14. The zero-order chi connectivity index (χ0) is 29.9. The van der Waals surface area contributed by atoms with E-state index in [4.69, 9.17) is 10.2 Å². The monoisotopic (exact) mass is 591 g/mol. The molecule has 2 aliphatic rings. The Balaban J connectivity index is 0.000000446. The first-order valence-corrected chi connectivity index (χ1v) is 14.7. The molecule has 0 aromatic heterocycles. The number of aliphatic carboxylic acids is 2. The summed E-state index contributed by atoms with van der Waals surface area (Å²) < 4.78 is 13.2. The molecule has 0 bridgehead atoms. The molecule has 42 heavy (non-hydrogen) atoms. The lowest BCUT2D eigenvalue weighted by molar-refractivity contribution is -0.134. The molecule has 0 unspecified atom stereocenters. The Labute approximate surface area is 248 Å². The van der Waals surface area contributed by atoms with Crippen molar-refractivity contribution in [1.29, 1.82) is 0 Å². The highest BCUT2D eigenvalue weighted by atomic mass is 32.2. The first-order chi connectivity index (χ1) is 20.3. The van der Waals surface area contributed by atoms with Gasteiger partial charge in [-0.3, -0.25) is 9.69 Å². The number of amides is 1. The van der Waals surface area contributed by atoms with E-state index in [-0.39, 0.29) is 17.8 Å². The zero-order valence-corrected chi connectivity index (χ0v) is 23.9. The fraction of sp³-hybridized carbons (Fsp3) is 0.281. The van der Waals surface area contributed by atoms with Crippen molar-refractivity contribution in [3.8, 4) is 0 Å². The fourth-order valence-corrected chi connectivity index (χ4v) is 6.10. The quantitative estimate of drug-likeness (QED) is 0.316. The van der Waals surface area contributed by atoms with Crippen molar-refractivity contribution in [2.45, 2.75) is 29.5 Å². The second-order valence-corrected chi connectivity index (χ2v) is 11.0. The third-order valence-corrected chi connectivity index (χ3v) is 8.23. The Kier molecular flexibility index (Phi) is 11.1. The van der Waals surface area contributed by atoms with E-state index in [0.717, 1.165) is 50.6 Å². The van der Waals surface area contributed by atoms with E-state index < -0.39 is 11.9 Å². The molecule has 3 aromatic rings. The van der Waals surface area contributed by atoms with Crippen molar-refractivity contribution in [1.82, 2.24) is 10.2 Å². The van der Waals surface area contributed by atoms with E-state index in [0.29, 0.717) is 18.6 Å². The summed E-state index contributed by atoms with van der Waals surface area (Å²) in [6, 6.07) is 23.5. The SMILES string of the molecule is O=C(CCCN1CCN(c2ccc(F)cc2)CC1)N[C@H]1c2ccccc2CSc2ccccc21.O=C(O)C=CC(=O)O. The maximum Gasteiger partial charge on any atom is 0.328 e. The standard InChI is InChI=1S/C28H30FN3OS.C4H4O4/c29-22-11-13-23(14-12-22)32-18-16-31(17-19-32)15-5-10-27(33)30-28-24-7-2-1-6-21(24)20-34-26-9-4-3-8-25(26)28;5-3(6)1-2-4(7)8/h1-4,6-9,11-14,28H,5,10,15-20H2,(H,30,33);1-2H,(H,5,6)(H,7,8)/t28-;/m0./s1. The van der Waals surface area contributed by atoms with Crippen molar-refractivity contribution in [2.75, 3.05) is 37.6 Å². The van der Waals surface area contributed by atoms with Crippen LogP contribution in [0.2, 0.25) is 0 Å². The Morgan fingerprint density at radius 2 is 1.48 bits per heavy atom. The lowest BCUT2D eigenvalue weighted by Crippen LogP contribution is -2.46. The van der Waals surface area contributed by atoms with Gasteiger partial charge in [0.05, 0.1) is 6.04 Å². The van der Waals surface area contributed by atoms with Crippen molar-refractivity contribution >= 4 is 35.3 Å². The topological polar surface area (TPSA) is 110 Å². The molecule has 1 amide bonds. The van der Waals surface area contributed by atoms with E-state index in [1.54, 1.807) is 0 Å². The Morgan fingerprint density at radius 3 is 2.14 bits per heavy atom. The number of carbonyl (C=O) groups is 3. The highest BCUT2D eigenvalue weighted by Crippen LogP contribution is 2.39.